The van der Waals surface area contributed by atoms with Crippen molar-refractivity contribution in [2.24, 2.45) is 11.0 Å². The topological polar surface area (TPSA) is 75.1 Å². The molecule has 1 heterocycles. The van der Waals surface area contributed by atoms with Gasteiger partial charge >= 0.3 is 5.97 Å². The number of hydrogen-bond donors (Lipinski definition) is 0. The zero-order valence-corrected chi connectivity index (χ0v) is 6.93. The number of carbonyl (C=O) groups excluding carboxylic acids is 1. The van der Waals surface area contributed by atoms with Crippen LogP contribution in [0.15, 0.2) is 5.11 Å². The minimum absolute atomic E-state index is 0.00360. The van der Waals surface area contributed by atoms with E-state index in [2.05, 4.69) is 10.0 Å². The number of ether oxygens (including phenoxy) is 1. The molecule has 0 radical (unpaired) electrons. The highest BCUT2D eigenvalue weighted by Crippen LogP contribution is 2.23. The number of carbonyl (C=O) groups is 1. The average Bonchev–Trinajstić information content (AvgIpc) is 2.43. The van der Waals surface area contributed by atoms with Crippen molar-refractivity contribution in [3.8, 4) is 0 Å². The van der Waals surface area contributed by atoms with Crippen LogP contribution in [0, 0.1) is 5.92 Å². The Morgan fingerprint density at radius 1 is 1.83 bits per heavy atom. The zero-order valence-electron chi connectivity index (χ0n) is 6.93. The lowest BCUT2D eigenvalue weighted by Gasteiger charge is -2.01. The molecule has 0 aromatic heterocycles. The lowest BCUT2D eigenvalue weighted by Crippen LogP contribution is -2.09. The van der Waals surface area contributed by atoms with Crippen LogP contribution in [-0.2, 0) is 9.53 Å². The van der Waals surface area contributed by atoms with Crippen LogP contribution in [0.1, 0.15) is 19.8 Å². The van der Waals surface area contributed by atoms with E-state index in [9.17, 15) is 4.79 Å². The summed E-state index contributed by atoms with van der Waals surface area (Å²) in [5.74, 6) is -0.153. The number of esters is 1. The molecule has 66 valence electrons. The van der Waals surface area contributed by atoms with E-state index in [1.165, 1.54) is 0 Å². The first-order valence-electron chi connectivity index (χ1n) is 3.99. The molecule has 0 saturated carbocycles. The first-order chi connectivity index (χ1) is 5.77. The summed E-state index contributed by atoms with van der Waals surface area (Å²) in [6.07, 6.45) is 1.29. The number of nitrogens with zero attached hydrogens (tertiary/aromatic N) is 3. The summed E-state index contributed by atoms with van der Waals surface area (Å²) >= 11 is 0. The van der Waals surface area contributed by atoms with E-state index in [0.29, 0.717) is 6.42 Å². The maximum absolute atomic E-state index is 11.0. The Morgan fingerprint density at radius 3 is 3.08 bits per heavy atom. The third-order valence-corrected chi connectivity index (χ3v) is 2.00. The molecule has 1 aliphatic rings. The maximum Gasteiger partial charge on any atom is 0.309 e. The summed E-state index contributed by atoms with van der Waals surface area (Å²) < 4.78 is 4.96. The number of hydrogen-bond acceptors (Lipinski definition) is 3. The van der Waals surface area contributed by atoms with Gasteiger partial charge in [0.25, 0.3) is 0 Å². The molecular formula is C7H11N3O2. The van der Waals surface area contributed by atoms with Gasteiger partial charge in [-0.05, 0) is 18.4 Å². The van der Waals surface area contributed by atoms with E-state index in [1.807, 2.05) is 6.92 Å². The average molecular weight is 169 g/mol. The predicted molar refractivity (Wildman–Crippen MR) is 42.3 cm³/mol. The zero-order chi connectivity index (χ0) is 8.97. The minimum Gasteiger partial charge on any atom is -0.462 e. The van der Waals surface area contributed by atoms with E-state index >= 15 is 0 Å². The second-order valence-electron chi connectivity index (χ2n) is 2.81. The van der Waals surface area contributed by atoms with Gasteiger partial charge in [-0.3, -0.25) is 4.79 Å². The molecule has 2 atom stereocenters. The van der Waals surface area contributed by atoms with Crippen LogP contribution in [-0.4, -0.2) is 18.6 Å². The summed E-state index contributed by atoms with van der Waals surface area (Å²) in [5.41, 5.74) is 8.03. The summed E-state index contributed by atoms with van der Waals surface area (Å²) in [6.45, 7) is 2.21. The predicted octanol–water partition coefficient (Wildman–Crippen LogP) is 1.64. The van der Waals surface area contributed by atoms with E-state index in [-0.39, 0.29) is 24.5 Å². The van der Waals surface area contributed by atoms with Crippen LogP contribution in [0.3, 0.4) is 0 Å². The molecule has 5 nitrogen and oxygen atoms in total. The van der Waals surface area contributed by atoms with Crippen LogP contribution in [0.2, 0.25) is 0 Å². The molecule has 1 rings (SSSR count). The van der Waals surface area contributed by atoms with Crippen LogP contribution < -0.4 is 0 Å². The van der Waals surface area contributed by atoms with Gasteiger partial charge in [0.1, 0.15) is 6.10 Å². The van der Waals surface area contributed by atoms with Crippen molar-refractivity contribution in [2.45, 2.75) is 25.9 Å². The lowest BCUT2D eigenvalue weighted by molar-refractivity contribution is -0.144. The summed E-state index contributed by atoms with van der Waals surface area (Å²) in [4.78, 5) is 13.6. The Labute approximate surface area is 70.3 Å². The van der Waals surface area contributed by atoms with Crippen molar-refractivity contribution in [1.29, 1.82) is 0 Å². The molecule has 0 aromatic carbocycles. The Hall–Kier alpha value is -1.22. The minimum atomic E-state index is -0.196. The van der Waals surface area contributed by atoms with E-state index in [1.54, 1.807) is 0 Å². The van der Waals surface area contributed by atoms with Crippen LogP contribution in [0.5, 0.6) is 0 Å². The summed E-state index contributed by atoms with van der Waals surface area (Å²) in [5, 5.41) is 3.36. The summed E-state index contributed by atoms with van der Waals surface area (Å²) in [7, 11) is 0. The van der Waals surface area contributed by atoms with Crippen molar-refractivity contribution >= 4 is 5.97 Å². The molecule has 1 fully saturated rings. The van der Waals surface area contributed by atoms with Gasteiger partial charge in [-0.25, -0.2) is 0 Å². The molecule has 0 aliphatic carbocycles. The van der Waals surface area contributed by atoms with Crippen molar-refractivity contribution < 1.29 is 9.53 Å². The van der Waals surface area contributed by atoms with Crippen LogP contribution in [0.4, 0.5) is 0 Å². The quantitative estimate of drug-likeness (QED) is 0.278. The first kappa shape index (κ1) is 8.87. The third-order valence-electron chi connectivity index (χ3n) is 2.00. The van der Waals surface area contributed by atoms with E-state index in [4.69, 9.17) is 10.3 Å². The maximum atomic E-state index is 11.0. The molecule has 0 unspecified atom stereocenters. The Morgan fingerprint density at radius 2 is 2.58 bits per heavy atom. The molecular weight excluding hydrogens is 158 g/mol. The van der Waals surface area contributed by atoms with Gasteiger partial charge in [0.2, 0.25) is 0 Å². The normalized spacial score (nSPS) is 27.9. The highest BCUT2D eigenvalue weighted by molar-refractivity contribution is 5.74. The number of rotatable bonds is 3. The second-order valence-corrected chi connectivity index (χ2v) is 2.81. The standard InChI is InChI=1S/C7H11N3O2/c1-2-5-3-6(4-9-10-8)12-7(5)11/h5-6H,2-4H2,1H3/t5-,6+/m1/s1. The largest absolute Gasteiger partial charge is 0.462 e. The first-order valence-corrected chi connectivity index (χ1v) is 3.99. The Kier molecular flexibility index (Phi) is 2.94. The molecule has 12 heavy (non-hydrogen) atoms. The van der Waals surface area contributed by atoms with Crippen molar-refractivity contribution in [2.75, 3.05) is 6.54 Å². The Balaban J connectivity index is 2.42. The van der Waals surface area contributed by atoms with Gasteiger partial charge in [0.05, 0.1) is 12.5 Å². The fourth-order valence-electron chi connectivity index (χ4n) is 1.29. The molecule has 0 spiro atoms. The molecule has 1 saturated heterocycles. The molecule has 0 amide bonds. The SMILES string of the molecule is CC[C@@H]1C[C@@H](CN=[N+]=[N-])OC1=O. The fourth-order valence-corrected chi connectivity index (χ4v) is 1.29. The van der Waals surface area contributed by atoms with Gasteiger partial charge in [0.15, 0.2) is 0 Å². The Bertz CT molecular complexity index is 223. The van der Waals surface area contributed by atoms with E-state index < -0.39 is 0 Å². The van der Waals surface area contributed by atoms with Crippen LogP contribution >= 0.6 is 0 Å². The highest BCUT2D eigenvalue weighted by Gasteiger charge is 2.32. The molecule has 5 heteroatoms. The van der Waals surface area contributed by atoms with Gasteiger partial charge in [0, 0.05) is 4.91 Å². The second kappa shape index (κ2) is 3.97. The number of azide groups is 1. The van der Waals surface area contributed by atoms with Gasteiger partial charge in [-0.15, -0.1) is 0 Å². The fraction of sp³-hybridized carbons (Fsp3) is 0.857. The highest BCUT2D eigenvalue weighted by atomic mass is 16.6. The number of cyclic esters (lactones) is 1. The monoisotopic (exact) mass is 169 g/mol. The van der Waals surface area contributed by atoms with Gasteiger partial charge in [-0.1, -0.05) is 12.0 Å². The van der Waals surface area contributed by atoms with Crippen molar-refractivity contribution in [3.05, 3.63) is 10.4 Å². The van der Waals surface area contributed by atoms with Crippen molar-refractivity contribution in [3.63, 3.8) is 0 Å². The summed E-state index contributed by atoms with van der Waals surface area (Å²) in [6, 6.07) is 0. The molecule has 0 bridgehead atoms. The van der Waals surface area contributed by atoms with Gasteiger partial charge < -0.3 is 4.74 Å². The smallest absolute Gasteiger partial charge is 0.309 e. The van der Waals surface area contributed by atoms with E-state index in [0.717, 1.165) is 6.42 Å². The molecule has 0 aromatic rings. The van der Waals surface area contributed by atoms with Gasteiger partial charge in [-0.2, -0.15) is 0 Å². The van der Waals surface area contributed by atoms with Crippen molar-refractivity contribution in [1.82, 2.24) is 0 Å². The van der Waals surface area contributed by atoms with Crippen LogP contribution in [0.25, 0.3) is 10.4 Å². The lowest BCUT2D eigenvalue weighted by atomic mass is 10.0. The molecule has 1 aliphatic heterocycles. The molecule has 0 N–H and O–H groups in total. The third kappa shape index (κ3) is 1.89.